The zero-order chi connectivity index (χ0) is 24.4. The minimum atomic E-state index is -0.273. The van der Waals surface area contributed by atoms with Crippen molar-refractivity contribution in [3.63, 3.8) is 0 Å². The first-order valence-corrected chi connectivity index (χ1v) is 11.4. The van der Waals surface area contributed by atoms with Gasteiger partial charge in [0.2, 0.25) is 5.89 Å². The maximum Gasteiger partial charge on any atom is 0.257 e. The summed E-state index contributed by atoms with van der Waals surface area (Å²) in [5, 5.41) is 5.97. The number of nitrogens with one attached hydrogen (secondary N) is 2. The van der Waals surface area contributed by atoms with Crippen molar-refractivity contribution in [1.82, 2.24) is 10.3 Å². The average Bonchev–Trinajstić information content (AvgIpc) is 3.22. The Hall–Kier alpha value is -3.71. The molecule has 3 aromatic carbocycles. The molecule has 0 saturated carbocycles. The van der Waals surface area contributed by atoms with Crippen molar-refractivity contribution in [2.75, 3.05) is 12.4 Å². The van der Waals surface area contributed by atoms with E-state index in [4.69, 9.17) is 21.4 Å². The van der Waals surface area contributed by atoms with Gasteiger partial charge in [-0.1, -0.05) is 37.6 Å². The first-order valence-electron chi connectivity index (χ1n) is 11.0. The number of methoxy groups -OCH3 is 1. The van der Waals surface area contributed by atoms with Gasteiger partial charge in [0.25, 0.3) is 5.91 Å². The second-order valence-electron chi connectivity index (χ2n) is 8.54. The summed E-state index contributed by atoms with van der Waals surface area (Å²) in [7, 11) is 1.57. The van der Waals surface area contributed by atoms with Crippen LogP contribution in [-0.2, 0) is 0 Å². The number of oxazole rings is 1. The molecule has 1 aromatic heterocycles. The van der Waals surface area contributed by atoms with Crippen LogP contribution >= 0.6 is 12.2 Å². The predicted octanol–water partition coefficient (Wildman–Crippen LogP) is 6.37. The van der Waals surface area contributed by atoms with E-state index in [1.165, 1.54) is 5.56 Å². The molecule has 0 bridgehead atoms. The molecule has 0 unspecified atom stereocenters. The third-order valence-corrected chi connectivity index (χ3v) is 5.83. The number of thiocarbonyl (C=S) groups is 1. The number of ether oxygens (including phenoxy) is 1. The molecule has 0 aliphatic heterocycles. The molecule has 0 saturated heterocycles. The van der Waals surface area contributed by atoms with Gasteiger partial charge >= 0.3 is 0 Å². The monoisotopic (exact) mass is 473 g/mol. The summed E-state index contributed by atoms with van der Waals surface area (Å²) in [6, 6.07) is 17.2. The van der Waals surface area contributed by atoms with Gasteiger partial charge in [0.05, 0.1) is 12.8 Å². The van der Waals surface area contributed by atoms with Crippen LogP contribution in [0, 0.1) is 13.8 Å². The number of nitrogens with zero attached hydrogens (tertiary/aromatic N) is 1. The zero-order valence-corrected chi connectivity index (χ0v) is 20.7. The summed E-state index contributed by atoms with van der Waals surface area (Å²) >= 11 is 5.40. The van der Waals surface area contributed by atoms with Gasteiger partial charge < -0.3 is 14.5 Å². The molecule has 0 radical (unpaired) electrons. The lowest BCUT2D eigenvalue weighted by Gasteiger charge is -2.14. The van der Waals surface area contributed by atoms with E-state index < -0.39 is 0 Å². The zero-order valence-electron chi connectivity index (χ0n) is 19.9. The molecule has 0 spiro atoms. The largest absolute Gasteiger partial charge is 0.495 e. The highest BCUT2D eigenvalue weighted by Crippen LogP contribution is 2.32. The van der Waals surface area contributed by atoms with E-state index >= 15 is 0 Å². The number of anilines is 1. The van der Waals surface area contributed by atoms with E-state index in [9.17, 15) is 4.79 Å². The molecule has 1 amide bonds. The van der Waals surface area contributed by atoms with Crippen LogP contribution in [-0.4, -0.2) is 23.1 Å². The first kappa shape index (κ1) is 23.4. The second-order valence-corrected chi connectivity index (χ2v) is 8.95. The fourth-order valence-corrected chi connectivity index (χ4v) is 3.96. The number of carbonyl (C=O) groups is 1. The number of aromatic nitrogens is 1. The quantitative estimate of drug-likeness (QED) is 0.328. The fraction of sp³-hybridized carbons (Fsp3) is 0.222. The summed E-state index contributed by atoms with van der Waals surface area (Å²) < 4.78 is 11.5. The lowest BCUT2D eigenvalue weighted by molar-refractivity contribution is 0.0977. The first-order chi connectivity index (χ1) is 16.2. The SMILES string of the molecule is COc1ccc(-c2nc3cc(C(C)C)ccc3o2)cc1NC(=S)NC(=O)c1ccc(C)cc1C. The van der Waals surface area contributed by atoms with Crippen molar-refractivity contribution in [2.45, 2.75) is 33.6 Å². The average molecular weight is 474 g/mol. The Balaban J connectivity index is 1.57. The molecule has 4 aromatic rings. The standard InChI is InChI=1S/C27H27N3O3S/c1-15(2)18-7-11-24-22(13-18)28-26(33-24)19-8-10-23(32-5)21(14-19)29-27(34)30-25(31)20-9-6-16(3)12-17(20)4/h6-15H,1-5H3,(H2,29,30,31,34). The Labute approximate surface area is 204 Å². The van der Waals surface area contributed by atoms with Crippen LogP contribution < -0.4 is 15.4 Å². The molecule has 6 nitrogen and oxygen atoms in total. The van der Waals surface area contributed by atoms with Crippen molar-refractivity contribution in [2.24, 2.45) is 0 Å². The highest BCUT2D eigenvalue weighted by atomic mass is 32.1. The van der Waals surface area contributed by atoms with Gasteiger partial charge in [-0.15, -0.1) is 0 Å². The highest BCUT2D eigenvalue weighted by Gasteiger charge is 2.15. The number of amides is 1. The summed E-state index contributed by atoms with van der Waals surface area (Å²) in [5.41, 5.74) is 6.64. The van der Waals surface area contributed by atoms with Crippen LogP contribution in [0.5, 0.6) is 5.75 Å². The number of fused-ring (bicyclic) bond motifs is 1. The summed E-state index contributed by atoms with van der Waals surface area (Å²) in [5.74, 6) is 1.20. The molecule has 174 valence electrons. The maximum absolute atomic E-state index is 12.7. The predicted molar refractivity (Wildman–Crippen MR) is 140 cm³/mol. The van der Waals surface area contributed by atoms with Gasteiger partial charge in [0.1, 0.15) is 11.3 Å². The second kappa shape index (κ2) is 9.65. The van der Waals surface area contributed by atoms with Gasteiger partial charge in [-0.05, 0) is 79.5 Å². The van der Waals surface area contributed by atoms with E-state index in [1.807, 2.05) is 50.2 Å². The Morgan fingerprint density at radius 1 is 1.06 bits per heavy atom. The van der Waals surface area contributed by atoms with Crippen LogP contribution in [0.25, 0.3) is 22.6 Å². The Morgan fingerprint density at radius 2 is 1.85 bits per heavy atom. The number of benzene rings is 3. The Morgan fingerprint density at radius 3 is 2.56 bits per heavy atom. The molecule has 0 aliphatic rings. The number of aryl methyl sites for hydroxylation is 2. The Kier molecular flexibility index (Phi) is 6.65. The summed E-state index contributed by atoms with van der Waals surface area (Å²) in [4.78, 5) is 17.4. The van der Waals surface area contributed by atoms with E-state index in [1.54, 1.807) is 19.2 Å². The molecule has 34 heavy (non-hydrogen) atoms. The fourth-order valence-electron chi connectivity index (χ4n) is 3.76. The van der Waals surface area contributed by atoms with Crippen molar-refractivity contribution in [3.05, 3.63) is 76.9 Å². The minimum Gasteiger partial charge on any atom is -0.495 e. The summed E-state index contributed by atoms with van der Waals surface area (Å²) in [6.07, 6.45) is 0. The van der Waals surface area contributed by atoms with Gasteiger partial charge in [0, 0.05) is 11.1 Å². The van der Waals surface area contributed by atoms with Crippen molar-refractivity contribution in [3.8, 4) is 17.2 Å². The molecule has 0 aliphatic carbocycles. The highest BCUT2D eigenvalue weighted by molar-refractivity contribution is 7.80. The topological polar surface area (TPSA) is 76.4 Å². The molecule has 1 heterocycles. The number of hydrogen-bond acceptors (Lipinski definition) is 5. The van der Waals surface area contributed by atoms with Crippen molar-refractivity contribution >= 4 is 40.0 Å². The van der Waals surface area contributed by atoms with Gasteiger partial charge in [-0.3, -0.25) is 10.1 Å². The molecule has 0 fully saturated rings. The molecule has 4 rings (SSSR count). The smallest absolute Gasteiger partial charge is 0.257 e. The number of rotatable bonds is 5. The lowest BCUT2D eigenvalue weighted by atomic mass is 10.0. The van der Waals surface area contributed by atoms with E-state index in [2.05, 4.69) is 35.5 Å². The van der Waals surface area contributed by atoms with Crippen LogP contribution in [0.15, 0.2) is 59.0 Å². The summed E-state index contributed by atoms with van der Waals surface area (Å²) in [6.45, 7) is 8.17. The molecule has 2 N–H and O–H groups in total. The van der Waals surface area contributed by atoms with Crippen LogP contribution in [0.3, 0.4) is 0 Å². The maximum atomic E-state index is 12.7. The minimum absolute atomic E-state index is 0.166. The van der Waals surface area contributed by atoms with Crippen LogP contribution in [0.4, 0.5) is 5.69 Å². The third kappa shape index (κ3) is 4.94. The van der Waals surface area contributed by atoms with E-state index in [0.717, 1.165) is 27.8 Å². The Bertz CT molecular complexity index is 1390. The molecule has 0 atom stereocenters. The third-order valence-electron chi connectivity index (χ3n) is 5.63. The van der Waals surface area contributed by atoms with E-state index in [-0.39, 0.29) is 11.0 Å². The normalized spacial score (nSPS) is 11.0. The van der Waals surface area contributed by atoms with Gasteiger partial charge in [-0.2, -0.15) is 0 Å². The van der Waals surface area contributed by atoms with Crippen LogP contribution in [0.2, 0.25) is 0 Å². The molecular formula is C27H27N3O3S. The lowest BCUT2D eigenvalue weighted by Crippen LogP contribution is -2.34. The molecular weight excluding hydrogens is 446 g/mol. The van der Waals surface area contributed by atoms with E-state index in [0.29, 0.717) is 28.8 Å². The van der Waals surface area contributed by atoms with Crippen molar-refractivity contribution in [1.29, 1.82) is 0 Å². The number of hydrogen-bond donors (Lipinski definition) is 2. The van der Waals surface area contributed by atoms with Gasteiger partial charge in [-0.25, -0.2) is 4.98 Å². The van der Waals surface area contributed by atoms with Crippen molar-refractivity contribution < 1.29 is 13.9 Å². The number of carbonyl (C=O) groups excluding carboxylic acids is 1. The van der Waals surface area contributed by atoms with Gasteiger partial charge in [0.15, 0.2) is 10.7 Å². The van der Waals surface area contributed by atoms with Crippen LogP contribution in [0.1, 0.15) is 46.8 Å². The molecule has 7 heteroatoms.